The maximum absolute atomic E-state index is 10.2. The summed E-state index contributed by atoms with van der Waals surface area (Å²) in [7, 11) is 0. The van der Waals surface area contributed by atoms with Crippen molar-refractivity contribution in [3.63, 3.8) is 0 Å². The van der Waals surface area contributed by atoms with E-state index in [2.05, 4.69) is 0 Å². The molecule has 0 aromatic heterocycles. The lowest BCUT2D eigenvalue weighted by molar-refractivity contribution is -0.0130. The van der Waals surface area contributed by atoms with Gasteiger partial charge in [-0.3, -0.25) is 0 Å². The number of hydrogen-bond acceptors (Lipinski definition) is 4. The van der Waals surface area contributed by atoms with Crippen molar-refractivity contribution in [1.82, 2.24) is 0 Å². The van der Waals surface area contributed by atoms with E-state index in [1.54, 1.807) is 67.6 Å². The summed E-state index contributed by atoms with van der Waals surface area (Å²) in [6, 6.07) is 16.6. The van der Waals surface area contributed by atoms with Crippen molar-refractivity contribution in [2.75, 3.05) is 0 Å². The lowest BCUT2D eigenvalue weighted by Gasteiger charge is -2.26. The van der Waals surface area contributed by atoms with Crippen molar-refractivity contribution in [1.29, 1.82) is 0 Å². The SMILES string of the molecule is CCC(C)(O)CC(O)C(C)C.O=C(O)c1ccccc1.O=C(O)c1ccccc1. The Morgan fingerprint density at radius 1 is 0.862 bits per heavy atom. The maximum atomic E-state index is 10.2. The van der Waals surface area contributed by atoms with Gasteiger partial charge >= 0.3 is 11.9 Å². The minimum atomic E-state index is -0.879. The van der Waals surface area contributed by atoms with Crippen LogP contribution < -0.4 is 0 Å². The summed E-state index contributed by atoms with van der Waals surface area (Å²) in [6.07, 6.45) is 0.780. The summed E-state index contributed by atoms with van der Waals surface area (Å²) in [4.78, 5) is 20.4. The minimum Gasteiger partial charge on any atom is -0.478 e. The van der Waals surface area contributed by atoms with E-state index in [4.69, 9.17) is 10.2 Å². The highest BCUT2D eigenvalue weighted by Gasteiger charge is 2.23. The Morgan fingerprint density at radius 2 is 1.21 bits per heavy atom. The molecule has 0 aliphatic rings. The molecule has 6 heteroatoms. The Labute approximate surface area is 172 Å². The second-order valence-corrected chi connectivity index (χ2v) is 7.21. The van der Waals surface area contributed by atoms with Crippen LogP contribution in [-0.2, 0) is 0 Å². The highest BCUT2D eigenvalue weighted by molar-refractivity contribution is 5.87. The first-order valence-corrected chi connectivity index (χ1v) is 9.47. The van der Waals surface area contributed by atoms with Crippen molar-refractivity contribution in [3.05, 3.63) is 71.8 Å². The van der Waals surface area contributed by atoms with Crippen LogP contribution in [0.1, 0.15) is 61.3 Å². The molecular formula is C23H32O6. The predicted molar refractivity (Wildman–Crippen MR) is 113 cm³/mol. The molecule has 2 rings (SSSR count). The highest BCUT2D eigenvalue weighted by Crippen LogP contribution is 2.19. The number of rotatable bonds is 6. The summed E-state index contributed by atoms with van der Waals surface area (Å²) < 4.78 is 0. The predicted octanol–water partition coefficient (Wildman–Crippen LogP) is 4.32. The molecule has 2 aromatic rings. The van der Waals surface area contributed by atoms with Gasteiger partial charge in [-0.2, -0.15) is 0 Å². The minimum absolute atomic E-state index is 0.230. The summed E-state index contributed by atoms with van der Waals surface area (Å²) in [5.41, 5.74) is -0.0426. The first kappa shape index (κ1) is 26.3. The molecule has 0 aliphatic carbocycles. The average Bonchev–Trinajstić information content (AvgIpc) is 2.70. The molecule has 0 amide bonds. The smallest absolute Gasteiger partial charge is 0.335 e. The number of aliphatic hydroxyl groups is 2. The molecule has 6 nitrogen and oxygen atoms in total. The average molecular weight is 405 g/mol. The van der Waals surface area contributed by atoms with E-state index >= 15 is 0 Å². The number of benzene rings is 2. The zero-order chi connectivity index (χ0) is 22.4. The van der Waals surface area contributed by atoms with Crippen molar-refractivity contribution in [3.8, 4) is 0 Å². The van der Waals surface area contributed by atoms with Crippen molar-refractivity contribution in [2.45, 2.75) is 52.2 Å². The second-order valence-electron chi connectivity index (χ2n) is 7.21. The van der Waals surface area contributed by atoms with Gasteiger partial charge in [0.25, 0.3) is 0 Å². The van der Waals surface area contributed by atoms with Crippen LogP contribution in [0.3, 0.4) is 0 Å². The molecule has 0 saturated heterocycles. The normalized spacial score (nSPS) is 13.1. The molecule has 29 heavy (non-hydrogen) atoms. The highest BCUT2D eigenvalue weighted by atomic mass is 16.4. The Kier molecular flexibility index (Phi) is 12.2. The lowest BCUT2D eigenvalue weighted by atomic mass is 9.91. The zero-order valence-electron chi connectivity index (χ0n) is 17.4. The summed E-state index contributed by atoms with van der Waals surface area (Å²) in [5.74, 6) is -1.53. The molecule has 2 atom stereocenters. The van der Waals surface area contributed by atoms with Crippen LogP contribution >= 0.6 is 0 Å². The summed E-state index contributed by atoms with van der Waals surface area (Å²) in [5, 5.41) is 35.8. The van der Waals surface area contributed by atoms with E-state index in [-0.39, 0.29) is 12.0 Å². The fourth-order valence-electron chi connectivity index (χ4n) is 1.99. The number of aromatic carboxylic acids is 2. The molecule has 2 aromatic carbocycles. The Bertz CT molecular complexity index is 661. The van der Waals surface area contributed by atoms with Gasteiger partial charge in [0.2, 0.25) is 0 Å². The van der Waals surface area contributed by atoms with E-state index in [0.29, 0.717) is 24.0 Å². The molecule has 0 spiro atoms. The first-order chi connectivity index (χ1) is 13.5. The number of aliphatic hydroxyl groups excluding tert-OH is 1. The molecule has 0 aliphatic heterocycles. The maximum Gasteiger partial charge on any atom is 0.335 e. The topological polar surface area (TPSA) is 115 Å². The lowest BCUT2D eigenvalue weighted by Crippen LogP contribution is -2.31. The van der Waals surface area contributed by atoms with E-state index in [0.717, 1.165) is 0 Å². The molecule has 0 saturated carbocycles. The Hall–Kier alpha value is -2.70. The van der Waals surface area contributed by atoms with Gasteiger partial charge in [-0.25, -0.2) is 9.59 Å². The standard InChI is InChI=1S/C9H20O2.2C7H6O2/c1-5-9(4,11)6-8(10)7(2)3;2*8-7(9)6-4-2-1-3-5-6/h7-8,10-11H,5-6H2,1-4H3;2*1-5H,(H,8,9). The van der Waals surface area contributed by atoms with Crippen LogP contribution in [-0.4, -0.2) is 44.1 Å². The van der Waals surface area contributed by atoms with Crippen LogP contribution in [0.2, 0.25) is 0 Å². The van der Waals surface area contributed by atoms with Crippen LogP contribution in [0.4, 0.5) is 0 Å². The largest absolute Gasteiger partial charge is 0.478 e. The number of hydrogen-bond donors (Lipinski definition) is 4. The molecule has 4 N–H and O–H groups in total. The first-order valence-electron chi connectivity index (χ1n) is 9.47. The summed E-state index contributed by atoms with van der Waals surface area (Å²) >= 11 is 0. The molecule has 0 bridgehead atoms. The Morgan fingerprint density at radius 3 is 1.41 bits per heavy atom. The third-order valence-electron chi connectivity index (χ3n) is 4.22. The van der Waals surface area contributed by atoms with Crippen LogP contribution in [0.5, 0.6) is 0 Å². The number of carbonyl (C=O) groups is 2. The summed E-state index contributed by atoms with van der Waals surface area (Å²) in [6.45, 7) is 7.60. The third-order valence-corrected chi connectivity index (χ3v) is 4.22. The van der Waals surface area contributed by atoms with Crippen molar-refractivity contribution < 1.29 is 30.0 Å². The molecule has 160 valence electrons. The van der Waals surface area contributed by atoms with E-state index < -0.39 is 17.5 Å². The zero-order valence-corrected chi connectivity index (χ0v) is 17.4. The van der Waals surface area contributed by atoms with Crippen molar-refractivity contribution in [2.24, 2.45) is 5.92 Å². The van der Waals surface area contributed by atoms with Crippen LogP contribution in [0.15, 0.2) is 60.7 Å². The van der Waals surface area contributed by atoms with Gasteiger partial charge in [0.05, 0.1) is 22.8 Å². The fraction of sp³-hybridized carbons (Fsp3) is 0.391. The molecule has 0 heterocycles. The van der Waals surface area contributed by atoms with Gasteiger partial charge in [-0.1, -0.05) is 57.2 Å². The van der Waals surface area contributed by atoms with Gasteiger partial charge < -0.3 is 20.4 Å². The van der Waals surface area contributed by atoms with Gasteiger partial charge in [-0.05, 0) is 43.5 Å². The number of carboxylic acid groups (broad SMARTS) is 2. The molecule has 0 radical (unpaired) electrons. The monoisotopic (exact) mass is 404 g/mol. The van der Waals surface area contributed by atoms with E-state index in [9.17, 15) is 19.8 Å². The Balaban J connectivity index is 0.000000408. The third kappa shape index (κ3) is 12.4. The van der Waals surface area contributed by atoms with Gasteiger partial charge in [0.15, 0.2) is 0 Å². The van der Waals surface area contributed by atoms with Gasteiger partial charge in [0.1, 0.15) is 0 Å². The second kappa shape index (κ2) is 13.5. The van der Waals surface area contributed by atoms with Crippen LogP contribution in [0, 0.1) is 5.92 Å². The van der Waals surface area contributed by atoms with Crippen LogP contribution in [0.25, 0.3) is 0 Å². The molecular weight excluding hydrogens is 372 g/mol. The van der Waals surface area contributed by atoms with Gasteiger partial charge in [-0.15, -0.1) is 0 Å². The van der Waals surface area contributed by atoms with E-state index in [1.807, 2.05) is 20.8 Å². The fourth-order valence-corrected chi connectivity index (χ4v) is 1.99. The van der Waals surface area contributed by atoms with Gasteiger partial charge in [0, 0.05) is 6.42 Å². The van der Waals surface area contributed by atoms with Crippen molar-refractivity contribution >= 4 is 11.9 Å². The number of carboxylic acids is 2. The molecule has 2 unspecified atom stereocenters. The quantitative estimate of drug-likeness (QED) is 0.570. The molecule has 0 fully saturated rings. The van der Waals surface area contributed by atoms with E-state index in [1.165, 1.54) is 0 Å².